The minimum atomic E-state index is 0. The summed E-state index contributed by atoms with van der Waals surface area (Å²) < 4.78 is 10.7. The summed E-state index contributed by atoms with van der Waals surface area (Å²) in [6.07, 6.45) is 1.60. The zero-order valence-corrected chi connectivity index (χ0v) is 11.7. The van der Waals surface area contributed by atoms with Crippen LogP contribution in [-0.2, 0) is 14.3 Å². The summed E-state index contributed by atoms with van der Waals surface area (Å²) in [6.45, 7) is 4.68. The van der Waals surface area contributed by atoms with Gasteiger partial charge in [0.2, 0.25) is 5.91 Å². The first-order valence-corrected chi connectivity index (χ1v) is 6.38. The van der Waals surface area contributed by atoms with Crippen LogP contribution in [0.1, 0.15) is 12.8 Å². The molecule has 2 aliphatic heterocycles. The molecule has 0 bridgehead atoms. The highest BCUT2D eigenvalue weighted by atomic mass is 35.5. The fourth-order valence-electron chi connectivity index (χ4n) is 2.33. The van der Waals surface area contributed by atoms with Crippen molar-refractivity contribution in [1.29, 1.82) is 0 Å². The van der Waals surface area contributed by atoms with Gasteiger partial charge in [-0.15, -0.1) is 12.4 Å². The number of amides is 1. The maximum absolute atomic E-state index is 12.0. The first kappa shape index (κ1) is 15.7. The molecule has 2 unspecified atom stereocenters. The first-order valence-electron chi connectivity index (χ1n) is 6.38. The molecular weight excluding hydrogens is 256 g/mol. The summed E-state index contributed by atoms with van der Waals surface area (Å²) in [5, 5.41) is 3.30. The molecule has 0 aromatic heterocycles. The Hall–Kier alpha value is -0.360. The number of carbonyl (C=O) groups is 1. The minimum Gasteiger partial charge on any atom is -0.381 e. The minimum absolute atomic E-state index is 0. The number of hydrogen-bond donors (Lipinski definition) is 1. The summed E-state index contributed by atoms with van der Waals surface area (Å²) in [6, 6.07) is 0.179. The van der Waals surface area contributed by atoms with Crippen molar-refractivity contribution < 1.29 is 14.3 Å². The molecule has 5 nitrogen and oxygen atoms in total. The van der Waals surface area contributed by atoms with Gasteiger partial charge in [-0.25, -0.2) is 0 Å². The van der Waals surface area contributed by atoms with Crippen LogP contribution < -0.4 is 5.32 Å². The third kappa shape index (κ3) is 4.72. The van der Waals surface area contributed by atoms with Crippen LogP contribution >= 0.6 is 12.4 Å². The van der Waals surface area contributed by atoms with Crippen molar-refractivity contribution in [2.24, 2.45) is 5.92 Å². The Morgan fingerprint density at radius 3 is 2.72 bits per heavy atom. The van der Waals surface area contributed by atoms with Gasteiger partial charge in [0, 0.05) is 45.1 Å². The van der Waals surface area contributed by atoms with Crippen molar-refractivity contribution in [3.05, 3.63) is 0 Å². The quantitative estimate of drug-likeness (QED) is 0.803. The average Bonchev–Trinajstić information content (AvgIpc) is 2.83. The number of hydrogen-bond acceptors (Lipinski definition) is 4. The number of carbonyl (C=O) groups excluding carboxylic acids is 1. The summed E-state index contributed by atoms with van der Waals surface area (Å²) in [4.78, 5) is 13.8. The second-order valence-electron chi connectivity index (χ2n) is 4.93. The van der Waals surface area contributed by atoms with E-state index in [9.17, 15) is 4.79 Å². The lowest BCUT2D eigenvalue weighted by Gasteiger charge is -2.26. The Morgan fingerprint density at radius 2 is 2.11 bits per heavy atom. The second kappa shape index (κ2) is 7.94. The Balaban J connectivity index is 0.00000162. The number of ether oxygens (including phenoxy) is 2. The molecular formula is C12H23ClN2O3. The zero-order valence-electron chi connectivity index (χ0n) is 10.9. The van der Waals surface area contributed by atoms with Gasteiger partial charge in [0.15, 0.2) is 0 Å². The normalized spacial score (nSPS) is 27.6. The molecule has 18 heavy (non-hydrogen) atoms. The topological polar surface area (TPSA) is 50.8 Å². The fourth-order valence-corrected chi connectivity index (χ4v) is 2.33. The number of nitrogens with one attached hydrogen (secondary N) is 1. The SMILES string of the molecule is CN(CC1CCOC1)C(=O)CC1COCCN1.Cl. The number of halogens is 1. The van der Waals surface area contributed by atoms with Gasteiger partial charge in [0.25, 0.3) is 0 Å². The molecule has 0 aliphatic carbocycles. The van der Waals surface area contributed by atoms with Crippen LogP contribution in [0.15, 0.2) is 0 Å². The summed E-state index contributed by atoms with van der Waals surface area (Å²) in [5.74, 6) is 0.708. The van der Waals surface area contributed by atoms with Gasteiger partial charge >= 0.3 is 0 Å². The van der Waals surface area contributed by atoms with Crippen LogP contribution in [0.3, 0.4) is 0 Å². The Bertz CT molecular complexity index is 254. The van der Waals surface area contributed by atoms with Crippen LogP contribution in [-0.4, -0.2) is 63.4 Å². The highest BCUT2D eigenvalue weighted by molar-refractivity contribution is 5.85. The zero-order chi connectivity index (χ0) is 12.1. The molecule has 1 amide bonds. The van der Waals surface area contributed by atoms with Crippen molar-refractivity contribution in [2.45, 2.75) is 18.9 Å². The molecule has 2 atom stereocenters. The Morgan fingerprint density at radius 1 is 1.33 bits per heavy atom. The molecule has 1 N–H and O–H groups in total. The summed E-state index contributed by atoms with van der Waals surface area (Å²) >= 11 is 0. The monoisotopic (exact) mass is 278 g/mol. The first-order chi connectivity index (χ1) is 8.25. The third-order valence-corrected chi connectivity index (χ3v) is 3.40. The van der Waals surface area contributed by atoms with Crippen molar-refractivity contribution in [1.82, 2.24) is 10.2 Å². The third-order valence-electron chi connectivity index (χ3n) is 3.40. The van der Waals surface area contributed by atoms with Crippen LogP contribution in [0.25, 0.3) is 0 Å². The smallest absolute Gasteiger partial charge is 0.223 e. The van der Waals surface area contributed by atoms with Crippen LogP contribution in [0.4, 0.5) is 0 Å². The van der Waals surface area contributed by atoms with E-state index in [4.69, 9.17) is 9.47 Å². The highest BCUT2D eigenvalue weighted by Gasteiger charge is 2.23. The Labute approximate surface area is 115 Å². The molecule has 2 heterocycles. The van der Waals surface area contributed by atoms with Gasteiger partial charge in [-0.2, -0.15) is 0 Å². The van der Waals surface area contributed by atoms with Crippen molar-refractivity contribution >= 4 is 18.3 Å². The fraction of sp³-hybridized carbons (Fsp3) is 0.917. The number of nitrogens with zero attached hydrogens (tertiary/aromatic N) is 1. The summed E-state index contributed by atoms with van der Waals surface area (Å²) in [7, 11) is 1.88. The van der Waals surface area contributed by atoms with Crippen molar-refractivity contribution in [3.63, 3.8) is 0 Å². The van der Waals surface area contributed by atoms with E-state index in [2.05, 4.69) is 5.32 Å². The molecule has 6 heteroatoms. The van der Waals surface area contributed by atoms with E-state index < -0.39 is 0 Å². The van der Waals surface area contributed by atoms with E-state index in [-0.39, 0.29) is 24.4 Å². The van der Waals surface area contributed by atoms with Crippen molar-refractivity contribution in [3.8, 4) is 0 Å². The predicted octanol–water partition coefficient (Wildman–Crippen LogP) is 0.282. The van der Waals surface area contributed by atoms with Crippen molar-refractivity contribution in [2.75, 3.05) is 46.6 Å². The van der Waals surface area contributed by atoms with Gasteiger partial charge in [-0.3, -0.25) is 4.79 Å². The van der Waals surface area contributed by atoms with Gasteiger partial charge in [-0.05, 0) is 6.42 Å². The highest BCUT2D eigenvalue weighted by Crippen LogP contribution is 2.14. The predicted molar refractivity (Wildman–Crippen MR) is 71.0 cm³/mol. The van der Waals surface area contributed by atoms with Crippen LogP contribution in [0, 0.1) is 5.92 Å². The molecule has 0 aromatic rings. The molecule has 106 valence electrons. The molecule has 2 aliphatic rings. The van der Waals surface area contributed by atoms with Crippen LogP contribution in [0.5, 0.6) is 0 Å². The standard InChI is InChI=1S/C12H22N2O3.ClH/c1-14(7-10-2-4-16-8-10)12(15)6-11-9-17-5-3-13-11;/h10-11,13H,2-9H2,1H3;1H. The van der Waals surface area contributed by atoms with E-state index >= 15 is 0 Å². The van der Waals surface area contributed by atoms with Gasteiger partial charge in [0.05, 0.1) is 19.8 Å². The maximum Gasteiger partial charge on any atom is 0.223 e. The van der Waals surface area contributed by atoms with Gasteiger partial charge in [0.1, 0.15) is 0 Å². The largest absolute Gasteiger partial charge is 0.381 e. The Kier molecular flexibility index (Phi) is 6.92. The van der Waals surface area contributed by atoms with E-state index in [1.165, 1.54) is 0 Å². The maximum atomic E-state index is 12.0. The molecule has 0 radical (unpaired) electrons. The lowest BCUT2D eigenvalue weighted by atomic mass is 10.1. The van der Waals surface area contributed by atoms with Gasteiger partial charge < -0.3 is 19.7 Å². The molecule has 2 saturated heterocycles. The second-order valence-corrected chi connectivity index (χ2v) is 4.93. The molecule has 2 rings (SSSR count). The van der Waals surface area contributed by atoms with E-state index in [1.54, 1.807) is 0 Å². The summed E-state index contributed by atoms with van der Waals surface area (Å²) in [5.41, 5.74) is 0. The lowest BCUT2D eigenvalue weighted by Crippen LogP contribution is -2.45. The number of morpholine rings is 1. The molecule has 0 saturated carbocycles. The average molecular weight is 279 g/mol. The van der Waals surface area contributed by atoms with E-state index in [0.717, 1.165) is 39.3 Å². The van der Waals surface area contributed by atoms with E-state index in [1.807, 2.05) is 11.9 Å². The number of rotatable bonds is 4. The molecule has 2 fully saturated rings. The lowest BCUT2D eigenvalue weighted by molar-refractivity contribution is -0.131. The molecule has 0 aromatic carbocycles. The van der Waals surface area contributed by atoms with Crippen LogP contribution in [0.2, 0.25) is 0 Å². The van der Waals surface area contributed by atoms with Gasteiger partial charge in [-0.1, -0.05) is 0 Å². The van der Waals surface area contributed by atoms with E-state index in [0.29, 0.717) is 18.9 Å². The molecule has 0 spiro atoms.